The molecule has 682 valence electrons. The van der Waals surface area contributed by atoms with Gasteiger partial charge in [-0.05, 0) is 181 Å². The normalized spacial score (nSPS) is 23.1. The van der Waals surface area contributed by atoms with E-state index in [2.05, 4.69) is 103 Å². The minimum Gasteiger partial charge on any atom is -0.480 e. The van der Waals surface area contributed by atoms with Gasteiger partial charge in [-0.2, -0.15) is 0 Å². The number of likely N-dealkylation sites (tertiary alicyclic amines) is 4. The Bertz CT molecular complexity index is 5120. The third-order valence-electron chi connectivity index (χ3n) is 24.0. The maximum atomic E-state index is 13.6. The number of carbonyl (C=O) groups is 9. The summed E-state index contributed by atoms with van der Waals surface area (Å²) < 4.78 is 33.0. The van der Waals surface area contributed by atoms with E-state index >= 15 is 0 Å². The molecule has 6 aromatic rings. The summed E-state index contributed by atoms with van der Waals surface area (Å²) >= 11 is 10.9. The number of aromatic nitrogens is 8. The fraction of sp³-hybridized carbons (Fsp3) is 0.580. The number of H-pyrrole nitrogens is 4. The smallest absolute Gasteiger partial charge is 0.480 e. The summed E-state index contributed by atoms with van der Waals surface area (Å²) in [6.45, 7) is 33.2. The van der Waals surface area contributed by atoms with E-state index in [-0.39, 0.29) is 88.1 Å². The summed E-state index contributed by atoms with van der Waals surface area (Å²) in [5, 5.41) is 20.7. The van der Waals surface area contributed by atoms with E-state index in [0.29, 0.717) is 43.1 Å². The van der Waals surface area contributed by atoms with Crippen LogP contribution in [0.3, 0.4) is 0 Å². The molecular formula is C88H120BBrN16O16S4. The number of ether oxygens (including phenoxy) is 4. The van der Waals surface area contributed by atoms with Crippen molar-refractivity contribution in [1.29, 1.82) is 0 Å². The molecule has 2 aromatic carbocycles. The number of carboxylic acids is 1. The van der Waals surface area contributed by atoms with Crippen LogP contribution in [0.5, 0.6) is 0 Å². The predicted molar refractivity (Wildman–Crippen MR) is 495 cm³/mol. The molecule has 4 aromatic heterocycles. The van der Waals surface area contributed by atoms with E-state index in [1.54, 1.807) is 25.7 Å². The number of amides is 8. The lowest BCUT2D eigenvalue weighted by Gasteiger charge is -2.32. The van der Waals surface area contributed by atoms with Crippen molar-refractivity contribution in [2.75, 3.05) is 47.5 Å². The monoisotopic (exact) mass is 1870 g/mol. The van der Waals surface area contributed by atoms with Crippen LogP contribution in [0.4, 0.5) is 19.2 Å². The SMILES string of the molecule is CC(C)(C)OC(=O)N1CCC[C@H]1c1ncc(C2=CC3SC(Br)=CC3S2)[nH]1.CCC(=O)N[C@H](C(=O)N1CCC[C@H]1c1nc2ccc(B3OC(C)(C)C(C)(C)O3)cc2[nH]1)C(C)C.COC(=O)N[C@H](C(=O)N1CCC[C@H]1c1ncc(C2=CC3SC(c4ccc5nc([C@@H]6CCCN6C(=O)[C@@H](NC(=O)OC)C(C)C)[nH]c5c4)=CC3S2)[nH]1)C(C)C.COC(=O)N[C@H](C(=O)O)C(C)C. The number of nitrogens with one attached hydrogen (secondary N) is 8. The Morgan fingerprint density at radius 2 is 0.905 bits per heavy atom. The molecule has 9 aliphatic rings. The second kappa shape index (κ2) is 40.8. The second-order valence-electron chi connectivity index (χ2n) is 36.1. The first-order chi connectivity index (χ1) is 59.7. The lowest BCUT2D eigenvalue weighted by molar-refractivity contribution is -0.140. The van der Waals surface area contributed by atoms with Gasteiger partial charge in [0.1, 0.15) is 53.1 Å². The number of rotatable bonds is 21. The molecule has 9 aliphatic heterocycles. The Balaban J connectivity index is 0.000000171. The van der Waals surface area contributed by atoms with E-state index in [9.17, 15) is 43.2 Å². The number of halogens is 1. The minimum atomic E-state index is -1.06. The van der Waals surface area contributed by atoms with Crippen LogP contribution in [0.15, 0.2) is 76.9 Å². The van der Waals surface area contributed by atoms with Crippen molar-refractivity contribution < 1.29 is 76.5 Å². The molecule has 13 heterocycles. The van der Waals surface area contributed by atoms with Crippen molar-refractivity contribution in [3.8, 4) is 0 Å². The molecule has 38 heteroatoms. The first-order valence-corrected chi connectivity index (χ1v) is 47.6. The van der Waals surface area contributed by atoms with Crippen molar-refractivity contribution >= 4 is 166 Å². The quantitative estimate of drug-likeness (QED) is 0.0239. The maximum Gasteiger partial charge on any atom is 0.494 e. The first kappa shape index (κ1) is 96.1. The number of aliphatic carboxylic acids is 1. The number of carbonyl (C=O) groups excluding carboxylic acids is 8. The van der Waals surface area contributed by atoms with Crippen LogP contribution in [0.2, 0.25) is 0 Å². The van der Waals surface area contributed by atoms with Crippen molar-refractivity contribution in [1.82, 2.24) is 80.7 Å². The highest BCUT2D eigenvalue weighted by molar-refractivity contribution is 9.14. The third kappa shape index (κ3) is 22.3. The van der Waals surface area contributed by atoms with E-state index in [0.717, 1.165) is 124 Å². The molecule has 0 radical (unpaired) electrons. The summed E-state index contributed by atoms with van der Waals surface area (Å²) in [6, 6.07) is 8.91. The topological polar surface area (TPSA) is 405 Å². The molecule has 12 atom stereocenters. The van der Waals surface area contributed by atoms with Crippen LogP contribution in [0.1, 0.15) is 233 Å². The Kier molecular flexibility index (Phi) is 31.1. The van der Waals surface area contributed by atoms with Crippen LogP contribution < -0.4 is 26.7 Å². The van der Waals surface area contributed by atoms with E-state index in [1.165, 1.54) is 35.0 Å². The van der Waals surface area contributed by atoms with Gasteiger partial charge in [-0.1, -0.05) is 92.7 Å². The van der Waals surface area contributed by atoms with Crippen LogP contribution in [0.25, 0.3) is 36.8 Å². The summed E-state index contributed by atoms with van der Waals surface area (Å²) in [5.74, 6) is 1.31. The van der Waals surface area contributed by atoms with Crippen LogP contribution in [0, 0.1) is 23.7 Å². The van der Waals surface area contributed by atoms with Gasteiger partial charge in [0, 0.05) is 72.1 Å². The van der Waals surface area contributed by atoms with Gasteiger partial charge in [-0.3, -0.25) is 24.1 Å². The molecular weight excluding hydrogens is 1760 g/mol. The molecule has 0 bridgehead atoms. The molecule has 4 unspecified atom stereocenters. The Morgan fingerprint density at radius 1 is 0.524 bits per heavy atom. The Hall–Kier alpha value is -8.95. The highest BCUT2D eigenvalue weighted by Crippen LogP contribution is 2.55. The fourth-order valence-corrected chi connectivity index (χ4v) is 23.0. The Labute approximate surface area is 761 Å². The highest BCUT2D eigenvalue weighted by Gasteiger charge is 2.52. The van der Waals surface area contributed by atoms with Crippen LogP contribution >= 0.6 is 63.0 Å². The zero-order chi connectivity index (χ0) is 91.3. The lowest BCUT2D eigenvalue weighted by Crippen LogP contribution is -2.51. The number of methoxy groups -OCH3 is 3. The molecule has 8 amide bonds. The summed E-state index contributed by atoms with van der Waals surface area (Å²) in [5.41, 5.74) is 6.23. The van der Waals surface area contributed by atoms with Crippen molar-refractivity contribution in [2.24, 2.45) is 23.7 Å². The summed E-state index contributed by atoms with van der Waals surface area (Å²) in [7, 11) is 3.34. The number of thioether (sulfide) groups is 4. The number of hydrogen-bond acceptors (Lipinski definition) is 23. The van der Waals surface area contributed by atoms with Crippen LogP contribution in [-0.4, -0.2) is 235 Å². The van der Waals surface area contributed by atoms with Gasteiger partial charge >= 0.3 is 37.5 Å². The maximum absolute atomic E-state index is 13.6. The number of carboxylic acid groups (broad SMARTS) is 1. The van der Waals surface area contributed by atoms with Gasteiger partial charge in [0.05, 0.1) is 103 Å². The number of nitrogens with zero attached hydrogens (tertiary/aromatic N) is 8. The van der Waals surface area contributed by atoms with Gasteiger partial charge in [0.25, 0.3) is 0 Å². The minimum absolute atomic E-state index is 0.00222. The molecule has 0 spiro atoms. The average molecular weight is 1880 g/mol. The van der Waals surface area contributed by atoms with E-state index in [4.69, 9.17) is 43.6 Å². The number of imidazole rings is 4. The third-order valence-corrected chi connectivity index (χ3v) is 30.2. The molecule has 32 nitrogen and oxygen atoms in total. The van der Waals surface area contributed by atoms with E-state index < -0.39 is 72.3 Å². The van der Waals surface area contributed by atoms with Crippen LogP contribution in [-0.2, 0) is 52.2 Å². The molecule has 15 rings (SSSR count). The average Bonchev–Trinajstić information content (AvgIpc) is 1.62. The molecule has 5 fully saturated rings. The zero-order valence-corrected chi connectivity index (χ0v) is 79.9. The zero-order valence-electron chi connectivity index (χ0n) is 75.1. The van der Waals surface area contributed by atoms with Crippen molar-refractivity contribution in [3.63, 3.8) is 0 Å². The molecule has 9 N–H and O–H groups in total. The van der Waals surface area contributed by atoms with Gasteiger partial charge in [-0.15, -0.1) is 47.0 Å². The molecule has 0 aliphatic carbocycles. The van der Waals surface area contributed by atoms with Crippen molar-refractivity contribution in [3.05, 3.63) is 117 Å². The predicted octanol–water partition coefficient (Wildman–Crippen LogP) is 14.8. The molecule has 126 heavy (non-hydrogen) atoms. The number of hydrogen-bond donors (Lipinski definition) is 9. The van der Waals surface area contributed by atoms with Gasteiger partial charge in [0.2, 0.25) is 23.6 Å². The van der Waals surface area contributed by atoms with Gasteiger partial charge < -0.3 is 89.3 Å². The van der Waals surface area contributed by atoms with E-state index in [1.807, 2.05) is 188 Å². The second-order valence-corrected chi connectivity index (χ2v) is 42.3. The summed E-state index contributed by atoms with van der Waals surface area (Å²) in [6.07, 6.45) is 18.0. The lowest BCUT2D eigenvalue weighted by atomic mass is 9.79. The van der Waals surface area contributed by atoms with Gasteiger partial charge in [0.15, 0.2) is 0 Å². The van der Waals surface area contributed by atoms with Gasteiger partial charge in [-0.25, -0.2) is 43.9 Å². The fourth-order valence-electron chi connectivity index (χ4n) is 16.4. The molecule has 5 saturated heterocycles. The standard InChI is InChI=1S/C38H48N8O6S2.C25H37BN4O4.C18H22BrN3O2S2.C7H13NO4/c1-19(2)31(43-37(49)51-5)35(47)45-13-7-9-25(45)33-39-18-24(42-33)28-17-30-29(54-28)16-27(53-30)21-11-12-22-23(15-21)41-34(40-22)26-10-8-14-46(26)36(48)32(20(3)4)44-38(50)52-6;1-8-20(31)29-21(15(2)3)23(32)30-13-9-10-19(30)22-27-17-12-11-16(14-18(17)28-22)26-33-24(4,5)25(6,7)34-26;1-18(2,3)24-17(23)22-6-4-5-11(22)16-20-9-10(21-16)12-7-13-14(25-12)8-15(19)26-13;1-4(2)5(6(9)10)8-7(11)12-3/h11-12,15-20,25-26,29-32H,7-10,13-14H2,1-6H3,(H,39,42)(H,40,41)(H,43,49)(H,44,50);11-12,14-15,19,21H,8-10,13H2,1-7H3,(H,27,28)(H,29,31);7-9,11,13-14H,4-6H2,1-3H3,(H,20,21);4-5H,1-3H3,(H,8,11)(H,9,10)/t25-,26-,29?,30?,31-,32-;19-,21-;11-,13?,14?;5-/m0000/s1. The first-order valence-electron chi connectivity index (χ1n) is 43.3. The number of alkyl carbamates (subject to hydrolysis) is 3. The molecule has 0 saturated carbocycles. The summed E-state index contributed by atoms with van der Waals surface area (Å²) in [4.78, 5) is 154. The largest absolute Gasteiger partial charge is 0.494 e. The Morgan fingerprint density at radius 3 is 1.33 bits per heavy atom. The van der Waals surface area contributed by atoms with Crippen molar-refractivity contribution in [2.45, 2.75) is 255 Å². The number of benzene rings is 2. The highest BCUT2D eigenvalue weighted by atomic mass is 79.9. The number of fused-ring (bicyclic) bond motifs is 4. The number of aromatic amines is 4.